The molecule has 0 saturated heterocycles. The van der Waals surface area contributed by atoms with Gasteiger partial charge in [0, 0.05) is 0 Å². The van der Waals surface area contributed by atoms with Gasteiger partial charge in [0.1, 0.15) is 0 Å². The normalized spacial score (nSPS) is 43.0. The zero-order chi connectivity index (χ0) is 9.42. The molecule has 2 aliphatic rings. The van der Waals surface area contributed by atoms with E-state index in [0.717, 1.165) is 21.4 Å². The van der Waals surface area contributed by atoms with E-state index in [1.165, 1.54) is 12.8 Å². The standard InChI is InChI=1S/C12H17.Zr/c1-3-10-7-11-6-4-5-9(2)12(11)8-10;/h4-7,10-12H,3,8H2,1-2H3;. The van der Waals surface area contributed by atoms with E-state index in [9.17, 15) is 0 Å². The maximum atomic E-state index is 2.45. The number of hydrogen-bond acceptors (Lipinski definition) is 0. The van der Waals surface area contributed by atoms with Crippen molar-refractivity contribution in [3.8, 4) is 0 Å². The monoisotopic (exact) mass is 251 g/mol. The van der Waals surface area contributed by atoms with Gasteiger partial charge in [0.25, 0.3) is 0 Å². The van der Waals surface area contributed by atoms with Gasteiger partial charge in [0.05, 0.1) is 0 Å². The SMILES string of the molecule is CCC1CC2C(C)=CC=CC2[CH]1[Zr]. The Morgan fingerprint density at radius 3 is 2.92 bits per heavy atom. The second-order valence-electron chi connectivity index (χ2n) is 4.41. The Bertz CT molecular complexity index is 252. The number of fused-ring (bicyclic) bond motifs is 1. The molecule has 0 amide bonds. The van der Waals surface area contributed by atoms with Gasteiger partial charge >= 0.3 is 96.6 Å². The second kappa shape index (κ2) is 3.85. The van der Waals surface area contributed by atoms with Crippen molar-refractivity contribution in [3.63, 3.8) is 0 Å². The van der Waals surface area contributed by atoms with Crippen LogP contribution < -0.4 is 0 Å². The molecule has 0 bridgehead atoms. The van der Waals surface area contributed by atoms with Crippen molar-refractivity contribution >= 4 is 0 Å². The summed E-state index contributed by atoms with van der Waals surface area (Å²) in [6, 6.07) is 0. The van der Waals surface area contributed by atoms with Crippen LogP contribution in [0.15, 0.2) is 23.8 Å². The fourth-order valence-corrected chi connectivity index (χ4v) is 4.58. The van der Waals surface area contributed by atoms with Crippen molar-refractivity contribution in [1.82, 2.24) is 0 Å². The van der Waals surface area contributed by atoms with Gasteiger partial charge in [-0.05, 0) is 0 Å². The van der Waals surface area contributed by atoms with Crippen LogP contribution in [0.5, 0.6) is 0 Å². The van der Waals surface area contributed by atoms with Crippen LogP contribution in [0, 0.1) is 17.8 Å². The Morgan fingerprint density at radius 1 is 1.54 bits per heavy atom. The molecule has 2 aliphatic carbocycles. The molecule has 0 aromatic rings. The van der Waals surface area contributed by atoms with Gasteiger partial charge < -0.3 is 0 Å². The van der Waals surface area contributed by atoms with Crippen LogP contribution in [0.25, 0.3) is 0 Å². The number of rotatable bonds is 1. The van der Waals surface area contributed by atoms with Crippen molar-refractivity contribution in [3.05, 3.63) is 23.8 Å². The molecule has 69 valence electrons. The van der Waals surface area contributed by atoms with Crippen LogP contribution in [0.3, 0.4) is 0 Å². The van der Waals surface area contributed by atoms with Crippen LogP contribution >= 0.6 is 0 Å². The zero-order valence-electron chi connectivity index (χ0n) is 8.46. The Morgan fingerprint density at radius 2 is 2.31 bits per heavy atom. The summed E-state index contributed by atoms with van der Waals surface area (Å²) in [5, 5.41) is 0. The first kappa shape index (κ1) is 9.90. The van der Waals surface area contributed by atoms with Gasteiger partial charge in [-0.1, -0.05) is 0 Å². The molecule has 0 heterocycles. The minimum absolute atomic E-state index is 0.883. The van der Waals surface area contributed by atoms with Crippen LogP contribution in [0.2, 0.25) is 3.63 Å². The van der Waals surface area contributed by atoms with Crippen LogP contribution in [0.4, 0.5) is 0 Å². The van der Waals surface area contributed by atoms with Gasteiger partial charge in [-0.3, -0.25) is 0 Å². The van der Waals surface area contributed by atoms with Crippen molar-refractivity contribution in [1.29, 1.82) is 0 Å². The van der Waals surface area contributed by atoms with Gasteiger partial charge in [-0.25, -0.2) is 0 Å². The summed E-state index contributed by atoms with van der Waals surface area (Å²) >= 11 is 1.75. The number of hydrogen-bond donors (Lipinski definition) is 0. The molecule has 0 spiro atoms. The summed E-state index contributed by atoms with van der Waals surface area (Å²) in [7, 11) is 0. The van der Waals surface area contributed by atoms with E-state index >= 15 is 0 Å². The summed E-state index contributed by atoms with van der Waals surface area (Å²) in [5.41, 5.74) is 1.62. The Balaban J connectivity index is 2.21. The first-order valence-corrected chi connectivity index (χ1v) is 6.72. The predicted molar refractivity (Wildman–Crippen MR) is 52.0 cm³/mol. The molecule has 4 unspecified atom stereocenters. The van der Waals surface area contributed by atoms with Crippen molar-refractivity contribution in [2.45, 2.75) is 30.3 Å². The molecular formula is C12H17Zr. The molecule has 2 rings (SSSR count). The predicted octanol–water partition coefficient (Wildman–Crippen LogP) is 3.50. The van der Waals surface area contributed by atoms with E-state index in [1.54, 1.807) is 30.3 Å². The molecule has 1 saturated carbocycles. The third kappa shape index (κ3) is 1.65. The van der Waals surface area contributed by atoms with E-state index < -0.39 is 0 Å². The molecule has 0 aromatic carbocycles. The van der Waals surface area contributed by atoms with E-state index in [-0.39, 0.29) is 0 Å². The van der Waals surface area contributed by atoms with Crippen LogP contribution in [-0.2, 0) is 24.7 Å². The quantitative estimate of drug-likeness (QED) is 0.670. The Kier molecular flexibility index (Phi) is 2.93. The topological polar surface area (TPSA) is 0 Å². The number of allylic oxidation sites excluding steroid dienone is 4. The summed E-state index contributed by atoms with van der Waals surface area (Å²) in [4.78, 5) is 0. The average molecular weight is 252 g/mol. The van der Waals surface area contributed by atoms with E-state index in [0.29, 0.717) is 0 Å². The summed E-state index contributed by atoms with van der Waals surface area (Å²) in [6.07, 6.45) is 9.86. The van der Waals surface area contributed by atoms with Gasteiger partial charge in [0.15, 0.2) is 0 Å². The average Bonchev–Trinajstić information content (AvgIpc) is 2.45. The van der Waals surface area contributed by atoms with Crippen LogP contribution in [0.1, 0.15) is 26.7 Å². The van der Waals surface area contributed by atoms with E-state index in [2.05, 4.69) is 32.1 Å². The summed E-state index contributed by atoms with van der Waals surface area (Å²) in [6.45, 7) is 4.66. The maximum absolute atomic E-state index is 2.45. The van der Waals surface area contributed by atoms with Gasteiger partial charge in [0.2, 0.25) is 0 Å². The molecule has 0 nitrogen and oxygen atoms in total. The molecule has 13 heavy (non-hydrogen) atoms. The molecular weight excluding hydrogens is 235 g/mol. The van der Waals surface area contributed by atoms with Crippen molar-refractivity contribution in [2.24, 2.45) is 17.8 Å². The molecule has 0 aliphatic heterocycles. The van der Waals surface area contributed by atoms with Crippen LogP contribution in [-0.4, -0.2) is 0 Å². The molecule has 1 fully saturated rings. The van der Waals surface area contributed by atoms with Gasteiger partial charge in [-0.15, -0.1) is 0 Å². The van der Waals surface area contributed by atoms with E-state index in [4.69, 9.17) is 0 Å². The van der Waals surface area contributed by atoms with E-state index in [1.807, 2.05) is 0 Å². The fourth-order valence-electron chi connectivity index (χ4n) is 2.82. The molecule has 0 aromatic heterocycles. The van der Waals surface area contributed by atoms with Crippen molar-refractivity contribution < 1.29 is 24.7 Å². The van der Waals surface area contributed by atoms with Crippen molar-refractivity contribution in [2.75, 3.05) is 0 Å². The minimum atomic E-state index is 0.883. The Hall–Kier alpha value is 0.363. The molecule has 0 radical (unpaired) electrons. The second-order valence-corrected chi connectivity index (χ2v) is 6.05. The Labute approximate surface area is 96.3 Å². The third-order valence-electron chi connectivity index (χ3n) is 3.75. The first-order valence-electron chi connectivity index (χ1n) is 5.30. The fraction of sp³-hybridized carbons (Fsp3) is 0.667. The molecule has 0 N–H and O–H groups in total. The van der Waals surface area contributed by atoms with Gasteiger partial charge in [-0.2, -0.15) is 0 Å². The molecule has 4 atom stereocenters. The summed E-state index contributed by atoms with van der Waals surface area (Å²) < 4.78 is 0.988. The first-order chi connectivity index (χ1) is 6.24. The molecule has 1 heteroatoms. The third-order valence-corrected chi connectivity index (χ3v) is 5.85. The zero-order valence-corrected chi connectivity index (χ0v) is 10.9. The summed E-state index contributed by atoms with van der Waals surface area (Å²) in [5.74, 6) is 2.77.